The van der Waals surface area contributed by atoms with Crippen molar-refractivity contribution in [3.8, 4) is 0 Å². The van der Waals surface area contributed by atoms with Crippen LogP contribution in [-0.4, -0.2) is 21.5 Å². The molecule has 0 atom stereocenters. The average Bonchev–Trinajstić information content (AvgIpc) is 2.67. The van der Waals surface area contributed by atoms with Crippen LogP contribution in [0.25, 0.3) is 0 Å². The summed E-state index contributed by atoms with van der Waals surface area (Å²) < 4.78 is 1.99. The highest BCUT2D eigenvalue weighted by Gasteiger charge is 2.33. The first kappa shape index (κ1) is 13.9. The summed E-state index contributed by atoms with van der Waals surface area (Å²) in [5.74, 6) is 0. The molecule has 1 aliphatic rings. The zero-order chi connectivity index (χ0) is 13.2. The highest BCUT2D eigenvalue weighted by molar-refractivity contribution is 6.31. The van der Waals surface area contributed by atoms with Crippen LogP contribution in [0, 0.1) is 12.3 Å². The second kappa shape index (κ2) is 5.62. The van der Waals surface area contributed by atoms with Crippen molar-refractivity contribution in [3.63, 3.8) is 0 Å². The van der Waals surface area contributed by atoms with Gasteiger partial charge in [0, 0.05) is 13.2 Å². The van der Waals surface area contributed by atoms with Gasteiger partial charge in [-0.2, -0.15) is 5.10 Å². The van der Waals surface area contributed by atoms with Crippen molar-refractivity contribution in [2.75, 3.05) is 6.61 Å². The number of aromatic nitrogens is 2. The number of rotatable bonds is 4. The van der Waals surface area contributed by atoms with Gasteiger partial charge in [-0.1, -0.05) is 30.9 Å². The summed E-state index contributed by atoms with van der Waals surface area (Å²) in [5.41, 5.74) is 2.03. The summed E-state index contributed by atoms with van der Waals surface area (Å²) in [4.78, 5) is 0. The SMILES string of the molecule is CCn1nc(C)c(Cl)c1CC1(CO)CCCCC1. The molecular weight excluding hydrogens is 248 g/mol. The average molecular weight is 271 g/mol. The van der Waals surface area contributed by atoms with Crippen LogP contribution in [0.5, 0.6) is 0 Å². The summed E-state index contributed by atoms with van der Waals surface area (Å²) in [5, 5.41) is 15.0. The minimum absolute atomic E-state index is 0.0291. The van der Waals surface area contributed by atoms with E-state index in [1.165, 1.54) is 19.3 Å². The van der Waals surface area contributed by atoms with Crippen molar-refractivity contribution in [2.24, 2.45) is 5.41 Å². The normalized spacial score (nSPS) is 19.1. The van der Waals surface area contributed by atoms with Crippen LogP contribution in [0.3, 0.4) is 0 Å². The molecule has 4 heteroatoms. The van der Waals surface area contributed by atoms with Crippen molar-refractivity contribution in [2.45, 2.75) is 58.9 Å². The molecule has 0 amide bonds. The lowest BCUT2D eigenvalue weighted by molar-refractivity contribution is 0.0803. The van der Waals surface area contributed by atoms with Gasteiger partial charge in [-0.25, -0.2) is 0 Å². The maximum absolute atomic E-state index is 9.79. The van der Waals surface area contributed by atoms with E-state index in [0.29, 0.717) is 0 Å². The number of hydrogen-bond acceptors (Lipinski definition) is 2. The lowest BCUT2D eigenvalue weighted by Crippen LogP contribution is -2.31. The van der Waals surface area contributed by atoms with E-state index in [2.05, 4.69) is 12.0 Å². The second-order valence-corrected chi connectivity index (χ2v) is 5.94. The first-order valence-corrected chi connectivity index (χ1v) is 7.32. The molecule has 0 radical (unpaired) electrons. The molecule has 102 valence electrons. The molecule has 0 aliphatic heterocycles. The molecule has 1 aliphatic carbocycles. The van der Waals surface area contributed by atoms with Crippen LogP contribution in [0.1, 0.15) is 50.4 Å². The van der Waals surface area contributed by atoms with E-state index < -0.39 is 0 Å². The Kier molecular flexibility index (Phi) is 4.33. The van der Waals surface area contributed by atoms with Crippen molar-refractivity contribution >= 4 is 11.6 Å². The Morgan fingerprint density at radius 1 is 1.33 bits per heavy atom. The van der Waals surface area contributed by atoms with Crippen molar-refractivity contribution < 1.29 is 5.11 Å². The Morgan fingerprint density at radius 3 is 2.56 bits per heavy atom. The molecule has 0 bridgehead atoms. The molecule has 0 spiro atoms. The first-order valence-electron chi connectivity index (χ1n) is 6.94. The molecule has 1 heterocycles. The Hall–Kier alpha value is -0.540. The number of aryl methyl sites for hydroxylation is 2. The quantitative estimate of drug-likeness (QED) is 0.911. The number of halogens is 1. The fourth-order valence-corrected chi connectivity index (χ4v) is 3.29. The molecule has 2 rings (SSSR count). The third kappa shape index (κ3) is 2.57. The first-order chi connectivity index (χ1) is 8.62. The predicted molar refractivity (Wildman–Crippen MR) is 74.0 cm³/mol. The van der Waals surface area contributed by atoms with Gasteiger partial charge in [-0.3, -0.25) is 4.68 Å². The maximum Gasteiger partial charge on any atom is 0.0847 e. The summed E-state index contributed by atoms with van der Waals surface area (Å²) in [7, 11) is 0. The summed E-state index contributed by atoms with van der Waals surface area (Å²) in [6.45, 7) is 5.13. The number of nitrogens with zero attached hydrogens (tertiary/aromatic N) is 2. The molecule has 0 unspecified atom stereocenters. The molecule has 1 N–H and O–H groups in total. The molecule has 1 aromatic heterocycles. The second-order valence-electron chi connectivity index (χ2n) is 5.56. The van der Waals surface area contributed by atoms with Gasteiger partial charge in [-0.15, -0.1) is 0 Å². The molecule has 1 saturated carbocycles. The molecule has 3 nitrogen and oxygen atoms in total. The van der Waals surface area contributed by atoms with E-state index in [1.54, 1.807) is 0 Å². The highest BCUT2D eigenvalue weighted by Crippen LogP contribution is 2.40. The van der Waals surface area contributed by atoms with E-state index in [1.807, 2.05) is 11.6 Å². The predicted octanol–water partition coefficient (Wildman–Crippen LogP) is 3.35. The molecule has 1 aromatic rings. The number of aliphatic hydroxyl groups is 1. The van der Waals surface area contributed by atoms with Crippen molar-refractivity contribution in [1.82, 2.24) is 9.78 Å². The Morgan fingerprint density at radius 2 is 2.00 bits per heavy atom. The summed E-state index contributed by atoms with van der Waals surface area (Å²) in [6.07, 6.45) is 6.80. The molecule has 18 heavy (non-hydrogen) atoms. The van der Waals surface area contributed by atoms with Gasteiger partial charge in [0.1, 0.15) is 0 Å². The molecule has 0 saturated heterocycles. The number of aliphatic hydroxyl groups excluding tert-OH is 1. The van der Waals surface area contributed by atoms with Crippen LogP contribution in [0.4, 0.5) is 0 Å². The molecule has 1 fully saturated rings. The fourth-order valence-electron chi connectivity index (χ4n) is 3.09. The number of hydrogen-bond donors (Lipinski definition) is 1. The van der Waals surface area contributed by atoms with E-state index >= 15 is 0 Å². The van der Waals surface area contributed by atoms with Gasteiger partial charge in [0.15, 0.2) is 0 Å². The van der Waals surface area contributed by atoms with Crippen molar-refractivity contribution in [3.05, 3.63) is 16.4 Å². The minimum Gasteiger partial charge on any atom is -0.396 e. The van der Waals surface area contributed by atoms with E-state index in [0.717, 1.165) is 42.2 Å². The van der Waals surface area contributed by atoms with Crippen LogP contribution < -0.4 is 0 Å². The minimum atomic E-state index is 0.0291. The molecule has 0 aromatic carbocycles. The van der Waals surface area contributed by atoms with Crippen LogP contribution in [-0.2, 0) is 13.0 Å². The van der Waals surface area contributed by atoms with Gasteiger partial charge >= 0.3 is 0 Å². The smallest absolute Gasteiger partial charge is 0.0847 e. The zero-order valence-corrected chi connectivity index (χ0v) is 12.1. The Labute approximate surface area is 114 Å². The lowest BCUT2D eigenvalue weighted by atomic mass is 9.71. The summed E-state index contributed by atoms with van der Waals surface area (Å²) >= 11 is 6.37. The standard InChI is InChI=1S/C14H23ClN2O/c1-3-17-12(13(15)11(2)16-17)9-14(10-18)7-5-4-6-8-14/h18H,3-10H2,1-2H3. The van der Waals surface area contributed by atoms with Gasteiger partial charge in [0.25, 0.3) is 0 Å². The van der Waals surface area contributed by atoms with Crippen LogP contribution in [0.15, 0.2) is 0 Å². The topological polar surface area (TPSA) is 38.0 Å². The molecular formula is C14H23ClN2O. The monoisotopic (exact) mass is 270 g/mol. The third-order valence-corrected chi connectivity index (χ3v) is 4.74. The van der Waals surface area contributed by atoms with Gasteiger partial charge in [0.2, 0.25) is 0 Å². The largest absolute Gasteiger partial charge is 0.396 e. The highest BCUT2D eigenvalue weighted by atomic mass is 35.5. The van der Waals surface area contributed by atoms with Gasteiger partial charge in [0.05, 0.1) is 16.4 Å². The summed E-state index contributed by atoms with van der Waals surface area (Å²) in [6, 6.07) is 0. The van der Waals surface area contributed by atoms with Crippen LogP contribution >= 0.6 is 11.6 Å². The Bertz CT molecular complexity index is 408. The lowest BCUT2D eigenvalue weighted by Gasteiger charge is -2.35. The van der Waals surface area contributed by atoms with Crippen molar-refractivity contribution in [1.29, 1.82) is 0 Å². The third-order valence-electron chi connectivity index (χ3n) is 4.24. The van der Waals surface area contributed by atoms with E-state index in [4.69, 9.17) is 11.6 Å². The van der Waals surface area contributed by atoms with Crippen LogP contribution in [0.2, 0.25) is 5.02 Å². The fraction of sp³-hybridized carbons (Fsp3) is 0.786. The van der Waals surface area contributed by atoms with Gasteiger partial charge < -0.3 is 5.11 Å². The maximum atomic E-state index is 9.79. The van der Waals surface area contributed by atoms with Gasteiger partial charge in [-0.05, 0) is 38.5 Å². The van der Waals surface area contributed by atoms with E-state index in [-0.39, 0.29) is 12.0 Å². The zero-order valence-electron chi connectivity index (χ0n) is 11.4. The van der Waals surface area contributed by atoms with E-state index in [9.17, 15) is 5.11 Å². The Balaban J connectivity index is 2.26.